The van der Waals surface area contributed by atoms with Crippen molar-refractivity contribution in [2.75, 3.05) is 6.54 Å². The zero-order valence-corrected chi connectivity index (χ0v) is 9.75. The molecule has 1 aromatic heterocycles. The maximum atomic E-state index is 5.60. The Balaban J connectivity index is 2.54. The summed E-state index contributed by atoms with van der Waals surface area (Å²) in [5, 5.41) is 7.36. The van der Waals surface area contributed by atoms with Crippen molar-refractivity contribution in [3.05, 3.63) is 41.2 Å². The number of aromatic amines is 1. The van der Waals surface area contributed by atoms with Gasteiger partial charge in [-0.25, -0.2) is 0 Å². The molecule has 3 nitrogen and oxygen atoms in total. The maximum Gasteiger partial charge on any atom is 0.0715 e. The average molecular weight is 215 g/mol. The molecule has 0 aliphatic rings. The highest BCUT2D eigenvalue weighted by Crippen LogP contribution is 2.28. The first-order chi connectivity index (χ1) is 7.74. The van der Waals surface area contributed by atoms with E-state index >= 15 is 0 Å². The van der Waals surface area contributed by atoms with Gasteiger partial charge in [0.2, 0.25) is 0 Å². The first kappa shape index (κ1) is 10.9. The SMILES string of the molecule is Cc1ccccc1-c1c(CCN)n[nH]c1C. The normalized spacial score (nSPS) is 10.7. The molecule has 3 N–H and O–H groups in total. The monoisotopic (exact) mass is 215 g/mol. The summed E-state index contributed by atoms with van der Waals surface area (Å²) in [5.74, 6) is 0. The summed E-state index contributed by atoms with van der Waals surface area (Å²) in [6.07, 6.45) is 0.813. The molecule has 84 valence electrons. The van der Waals surface area contributed by atoms with Crippen molar-refractivity contribution in [3.8, 4) is 11.1 Å². The fourth-order valence-electron chi connectivity index (χ4n) is 2.01. The Morgan fingerprint density at radius 3 is 2.69 bits per heavy atom. The van der Waals surface area contributed by atoms with Crippen molar-refractivity contribution >= 4 is 0 Å². The van der Waals surface area contributed by atoms with E-state index in [1.165, 1.54) is 16.7 Å². The van der Waals surface area contributed by atoms with Crippen molar-refractivity contribution in [2.24, 2.45) is 5.73 Å². The van der Waals surface area contributed by atoms with Gasteiger partial charge in [-0.2, -0.15) is 5.10 Å². The molecule has 0 atom stereocenters. The molecule has 0 saturated carbocycles. The Labute approximate surface area is 95.7 Å². The molecule has 1 heterocycles. The van der Waals surface area contributed by atoms with Crippen LogP contribution in [0, 0.1) is 13.8 Å². The minimum absolute atomic E-state index is 0.628. The number of nitrogens with two attached hydrogens (primary N) is 1. The Kier molecular flexibility index (Phi) is 3.06. The van der Waals surface area contributed by atoms with E-state index in [1.807, 2.05) is 0 Å². The maximum absolute atomic E-state index is 5.60. The molecule has 0 radical (unpaired) electrons. The molecular formula is C13H17N3. The highest BCUT2D eigenvalue weighted by atomic mass is 15.1. The van der Waals surface area contributed by atoms with Gasteiger partial charge in [-0.15, -0.1) is 0 Å². The molecular weight excluding hydrogens is 198 g/mol. The van der Waals surface area contributed by atoms with Crippen LogP contribution in [0.15, 0.2) is 24.3 Å². The fraction of sp³-hybridized carbons (Fsp3) is 0.308. The molecule has 0 aliphatic carbocycles. The summed E-state index contributed by atoms with van der Waals surface area (Å²) in [7, 11) is 0. The Hall–Kier alpha value is -1.61. The topological polar surface area (TPSA) is 54.7 Å². The van der Waals surface area contributed by atoms with E-state index in [0.29, 0.717) is 6.54 Å². The third-order valence-electron chi connectivity index (χ3n) is 2.82. The molecule has 0 spiro atoms. The lowest BCUT2D eigenvalue weighted by molar-refractivity contribution is 0.899. The van der Waals surface area contributed by atoms with Crippen molar-refractivity contribution in [1.29, 1.82) is 0 Å². The van der Waals surface area contributed by atoms with Crippen LogP contribution >= 0.6 is 0 Å². The minimum atomic E-state index is 0.628. The highest BCUT2D eigenvalue weighted by Gasteiger charge is 2.12. The molecule has 2 rings (SSSR count). The average Bonchev–Trinajstić information content (AvgIpc) is 2.62. The van der Waals surface area contributed by atoms with E-state index in [1.54, 1.807) is 0 Å². The van der Waals surface area contributed by atoms with Gasteiger partial charge in [-0.1, -0.05) is 24.3 Å². The van der Waals surface area contributed by atoms with Crippen LogP contribution in [-0.2, 0) is 6.42 Å². The van der Waals surface area contributed by atoms with Crippen LogP contribution in [0.25, 0.3) is 11.1 Å². The predicted octanol–water partition coefficient (Wildman–Crippen LogP) is 2.19. The molecule has 0 aliphatic heterocycles. The molecule has 1 aromatic carbocycles. The summed E-state index contributed by atoms with van der Waals surface area (Å²) < 4.78 is 0. The number of aromatic nitrogens is 2. The summed E-state index contributed by atoms with van der Waals surface area (Å²) >= 11 is 0. The smallest absolute Gasteiger partial charge is 0.0715 e. The number of benzene rings is 1. The van der Waals surface area contributed by atoms with Crippen molar-refractivity contribution in [1.82, 2.24) is 10.2 Å². The van der Waals surface area contributed by atoms with E-state index in [0.717, 1.165) is 17.8 Å². The number of nitrogens with zero attached hydrogens (tertiary/aromatic N) is 1. The Morgan fingerprint density at radius 2 is 2.00 bits per heavy atom. The number of nitrogens with one attached hydrogen (secondary N) is 1. The Bertz CT molecular complexity index is 486. The van der Waals surface area contributed by atoms with Crippen molar-refractivity contribution < 1.29 is 0 Å². The molecule has 0 saturated heterocycles. The summed E-state index contributed by atoms with van der Waals surface area (Å²) in [6, 6.07) is 8.36. The number of rotatable bonds is 3. The second-order valence-corrected chi connectivity index (χ2v) is 4.02. The van der Waals surface area contributed by atoms with Gasteiger partial charge in [0.05, 0.1) is 5.69 Å². The van der Waals surface area contributed by atoms with Crippen LogP contribution in [0.4, 0.5) is 0 Å². The second-order valence-electron chi connectivity index (χ2n) is 4.02. The van der Waals surface area contributed by atoms with E-state index in [2.05, 4.69) is 48.3 Å². The van der Waals surface area contributed by atoms with Crippen molar-refractivity contribution in [3.63, 3.8) is 0 Å². The summed E-state index contributed by atoms with van der Waals surface area (Å²) in [5.41, 5.74) is 11.5. The van der Waals surface area contributed by atoms with Crippen molar-refractivity contribution in [2.45, 2.75) is 20.3 Å². The lowest BCUT2D eigenvalue weighted by Crippen LogP contribution is -2.04. The number of hydrogen-bond donors (Lipinski definition) is 2. The van der Waals surface area contributed by atoms with Gasteiger partial charge in [-0.05, 0) is 31.5 Å². The molecule has 16 heavy (non-hydrogen) atoms. The molecule has 0 unspecified atom stereocenters. The summed E-state index contributed by atoms with van der Waals surface area (Å²) in [6.45, 7) is 4.80. The second kappa shape index (κ2) is 4.49. The zero-order chi connectivity index (χ0) is 11.5. The third-order valence-corrected chi connectivity index (χ3v) is 2.82. The number of hydrogen-bond acceptors (Lipinski definition) is 2. The predicted molar refractivity (Wildman–Crippen MR) is 66.3 cm³/mol. The van der Waals surface area contributed by atoms with Crippen LogP contribution in [0.2, 0.25) is 0 Å². The molecule has 0 bridgehead atoms. The molecule has 0 amide bonds. The van der Waals surface area contributed by atoms with E-state index in [4.69, 9.17) is 5.73 Å². The highest BCUT2D eigenvalue weighted by molar-refractivity contribution is 5.71. The van der Waals surface area contributed by atoms with Gasteiger partial charge in [0.1, 0.15) is 0 Å². The Morgan fingerprint density at radius 1 is 1.25 bits per heavy atom. The molecule has 2 aromatic rings. The standard InChI is InChI=1S/C13H17N3/c1-9-5-3-4-6-11(9)13-10(2)15-16-12(13)7-8-14/h3-6H,7-8,14H2,1-2H3,(H,15,16). The lowest BCUT2D eigenvalue weighted by Gasteiger charge is -2.06. The van der Waals surface area contributed by atoms with Gasteiger partial charge in [0, 0.05) is 17.7 Å². The van der Waals surface area contributed by atoms with Gasteiger partial charge in [-0.3, -0.25) is 5.10 Å². The fourth-order valence-corrected chi connectivity index (χ4v) is 2.01. The van der Waals surface area contributed by atoms with Crippen LogP contribution in [0.1, 0.15) is 17.0 Å². The number of aryl methyl sites for hydroxylation is 2. The zero-order valence-electron chi connectivity index (χ0n) is 9.75. The van der Waals surface area contributed by atoms with Gasteiger partial charge < -0.3 is 5.73 Å². The van der Waals surface area contributed by atoms with E-state index in [9.17, 15) is 0 Å². The summed E-state index contributed by atoms with van der Waals surface area (Å²) in [4.78, 5) is 0. The van der Waals surface area contributed by atoms with Crippen LogP contribution in [-0.4, -0.2) is 16.7 Å². The molecule has 0 fully saturated rings. The van der Waals surface area contributed by atoms with E-state index in [-0.39, 0.29) is 0 Å². The third kappa shape index (κ3) is 1.86. The van der Waals surface area contributed by atoms with E-state index < -0.39 is 0 Å². The van der Waals surface area contributed by atoms with Gasteiger partial charge in [0.15, 0.2) is 0 Å². The minimum Gasteiger partial charge on any atom is -0.330 e. The lowest BCUT2D eigenvalue weighted by atomic mass is 9.98. The number of H-pyrrole nitrogens is 1. The van der Waals surface area contributed by atoms with Crippen LogP contribution < -0.4 is 5.73 Å². The van der Waals surface area contributed by atoms with Crippen LogP contribution in [0.3, 0.4) is 0 Å². The molecule has 3 heteroatoms. The first-order valence-electron chi connectivity index (χ1n) is 5.54. The quantitative estimate of drug-likeness (QED) is 0.824. The van der Waals surface area contributed by atoms with Gasteiger partial charge >= 0.3 is 0 Å². The largest absolute Gasteiger partial charge is 0.330 e. The van der Waals surface area contributed by atoms with Crippen LogP contribution in [0.5, 0.6) is 0 Å². The van der Waals surface area contributed by atoms with Gasteiger partial charge in [0.25, 0.3) is 0 Å². The first-order valence-corrected chi connectivity index (χ1v) is 5.54.